The molecule has 0 aromatic carbocycles. The van der Waals surface area contributed by atoms with Gasteiger partial charge in [0, 0.05) is 12.1 Å². The molecule has 1 saturated carbocycles. The Labute approximate surface area is 135 Å². The number of carbonyl (C=O) groups is 1. The summed E-state index contributed by atoms with van der Waals surface area (Å²) >= 11 is 1.28. The molecule has 0 saturated heterocycles. The van der Waals surface area contributed by atoms with Gasteiger partial charge in [-0.3, -0.25) is 4.79 Å². The van der Waals surface area contributed by atoms with E-state index in [0.29, 0.717) is 28.6 Å². The second kappa shape index (κ2) is 7.17. The van der Waals surface area contributed by atoms with Crippen LogP contribution >= 0.6 is 11.8 Å². The smallest absolute Gasteiger partial charge is 0.233 e. The molecule has 1 amide bonds. The monoisotopic (exact) mass is 323 g/mol. The number of nitrogen functional groups attached to an aromatic ring is 2. The molecule has 122 valence electrons. The summed E-state index contributed by atoms with van der Waals surface area (Å²) in [7, 11) is 0. The van der Waals surface area contributed by atoms with Crippen LogP contribution in [0.15, 0.2) is 11.2 Å². The van der Waals surface area contributed by atoms with E-state index >= 15 is 0 Å². The fourth-order valence-electron chi connectivity index (χ4n) is 2.81. The Balaban J connectivity index is 1.94. The van der Waals surface area contributed by atoms with E-state index in [1.807, 2.05) is 6.92 Å². The van der Waals surface area contributed by atoms with Gasteiger partial charge in [0.05, 0.1) is 5.25 Å². The van der Waals surface area contributed by atoms with E-state index in [1.54, 1.807) is 0 Å². The standard InChI is InChI=1S/C15H25N5OS/c1-8-5-4-6-11(9(8)2)18-14(21)10(3)22-15-19-12(16)7-13(17)20-15/h7-11H,4-6H2,1-3H3,(H,18,21)(H4,16,17,19,20)/t8-,9+,10-,11+/m0/s1. The molecule has 1 aliphatic rings. The van der Waals surface area contributed by atoms with Gasteiger partial charge in [-0.1, -0.05) is 38.5 Å². The third kappa shape index (κ3) is 4.25. The van der Waals surface area contributed by atoms with E-state index in [4.69, 9.17) is 11.5 Å². The van der Waals surface area contributed by atoms with Crippen LogP contribution in [0.1, 0.15) is 40.0 Å². The molecule has 1 heterocycles. The SMILES string of the molecule is C[C@@H]1[C@@H](C)CCC[C@H]1NC(=O)[C@H](C)Sc1nc(N)cc(N)n1. The van der Waals surface area contributed by atoms with Crippen LogP contribution in [-0.4, -0.2) is 27.2 Å². The average molecular weight is 323 g/mol. The minimum atomic E-state index is -0.286. The zero-order valence-corrected chi connectivity index (χ0v) is 14.2. The molecule has 0 radical (unpaired) electrons. The van der Waals surface area contributed by atoms with Gasteiger partial charge in [0.15, 0.2) is 5.16 Å². The molecular weight excluding hydrogens is 298 g/mol. The van der Waals surface area contributed by atoms with Crippen LogP contribution in [0.2, 0.25) is 0 Å². The van der Waals surface area contributed by atoms with Gasteiger partial charge < -0.3 is 16.8 Å². The Morgan fingerprint density at radius 1 is 1.32 bits per heavy atom. The predicted molar refractivity (Wildman–Crippen MR) is 90.3 cm³/mol. The van der Waals surface area contributed by atoms with Crippen molar-refractivity contribution in [3.05, 3.63) is 6.07 Å². The van der Waals surface area contributed by atoms with Crippen molar-refractivity contribution < 1.29 is 4.79 Å². The molecular formula is C15H25N5OS. The van der Waals surface area contributed by atoms with E-state index in [2.05, 4.69) is 29.1 Å². The van der Waals surface area contributed by atoms with Crippen molar-refractivity contribution in [2.24, 2.45) is 11.8 Å². The summed E-state index contributed by atoms with van der Waals surface area (Å²) in [4.78, 5) is 20.6. The number of anilines is 2. The lowest BCUT2D eigenvalue weighted by molar-refractivity contribution is -0.121. The third-order valence-corrected chi connectivity index (χ3v) is 5.39. The zero-order valence-electron chi connectivity index (χ0n) is 13.4. The van der Waals surface area contributed by atoms with E-state index in [-0.39, 0.29) is 17.2 Å². The van der Waals surface area contributed by atoms with Crippen LogP contribution in [0.4, 0.5) is 11.6 Å². The maximum atomic E-state index is 12.4. The minimum Gasteiger partial charge on any atom is -0.383 e. The number of nitrogens with two attached hydrogens (primary N) is 2. The highest BCUT2D eigenvalue weighted by Crippen LogP contribution is 2.30. The van der Waals surface area contributed by atoms with Crippen LogP contribution in [-0.2, 0) is 4.79 Å². The molecule has 1 aromatic heterocycles. The predicted octanol–water partition coefficient (Wildman–Crippen LogP) is 2.06. The number of aromatic nitrogens is 2. The molecule has 2 rings (SSSR count). The van der Waals surface area contributed by atoms with E-state index in [0.717, 1.165) is 6.42 Å². The molecule has 0 aliphatic heterocycles. The lowest BCUT2D eigenvalue weighted by Gasteiger charge is -2.35. The lowest BCUT2D eigenvalue weighted by Crippen LogP contribution is -2.46. The first kappa shape index (κ1) is 16.9. The zero-order chi connectivity index (χ0) is 16.3. The van der Waals surface area contributed by atoms with Crippen molar-refractivity contribution in [3.8, 4) is 0 Å². The highest BCUT2D eigenvalue weighted by atomic mass is 32.2. The van der Waals surface area contributed by atoms with Crippen LogP contribution in [0.3, 0.4) is 0 Å². The molecule has 6 nitrogen and oxygen atoms in total. The lowest BCUT2D eigenvalue weighted by atomic mass is 9.78. The van der Waals surface area contributed by atoms with Crippen molar-refractivity contribution in [2.45, 2.75) is 56.5 Å². The molecule has 0 bridgehead atoms. The van der Waals surface area contributed by atoms with Crippen LogP contribution in [0.25, 0.3) is 0 Å². The second-order valence-corrected chi connectivity index (χ2v) is 7.45. The molecule has 0 spiro atoms. The first-order chi connectivity index (χ1) is 10.4. The molecule has 0 unspecified atom stereocenters. The van der Waals surface area contributed by atoms with Gasteiger partial charge in [-0.15, -0.1) is 0 Å². The normalized spacial score (nSPS) is 26.4. The number of hydrogen-bond acceptors (Lipinski definition) is 6. The summed E-state index contributed by atoms with van der Waals surface area (Å²) in [6, 6.07) is 1.76. The Bertz CT molecular complexity index is 518. The van der Waals surface area contributed by atoms with Gasteiger partial charge in [-0.05, 0) is 25.2 Å². The van der Waals surface area contributed by atoms with Gasteiger partial charge in [-0.25, -0.2) is 9.97 Å². The number of nitrogens with one attached hydrogen (secondary N) is 1. The van der Waals surface area contributed by atoms with Crippen LogP contribution < -0.4 is 16.8 Å². The average Bonchev–Trinajstić information content (AvgIpc) is 2.42. The summed E-state index contributed by atoms with van der Waals surface area (Å²) in [6.45, 7) is 6.32. The van der Waals surface area contributed by atoms with Crippen molar-refractivity contribution in [2.75, 3.05) is 11.5 Å². The van der Waals surface area contributed by atoms with Gasteiger partial charge in [0.2, 0.25) is 5.91 Å². The van der Waals surface area contributed by atoms with Crippen molar-refractivity contribution in [1.82, 2.24) is 15.3 Å². The summed E-state index contributed by atoms with van der Waals surface area (Å²) in [5, 5.41) is 3.32. The van der Waals surface area contributed by atoms with Crippen molar-refractivity contribution in [1.29, 1.82) is 0 Å². The largest absolute Gasteiger partial charge is 0.383 e. The molecule has 7 heteroatoms. The van der Waals surface area contributed by atoms with E-state index < -0.39 is 0 Å². The number of rotatable bonds is 4. The van der Waals surface area contributed by atoms with Crippen LogP contribution in [0, 0.1) is 11.8 Å². The molecule has 5 N–H and O–H groups in total. The van der Waals surface area contributed by atoms with Crippen LogP contribution in [0.5, 0.6) is 0 Å². The molecule has 1 fully saturated rings. The topological polar surface area (TPSA) is 107 Å². The van der Waals surface area contributed by atoms with Gasteiger partial charge in [-0.2, -0.15) is 0 Å². The number of amides is 1. The Morgan fingerprint density at radius 3 is 2.59 bits per heavy atom. The van der Waals surface area contributed by atoms with Crippen molar-refractivity contribution in [3.63, 3.8) is 0 Å². The summed E-state index contributed by atoms with van der Waals surface area (Å²) in [6.07, 6.45) is 3.47. The molecule has 4 atom stereocenters. The number of hydrogen-bond donors (Lipinski definition) is 3. The minimum absolute atomic E-state index is 0.0144. The van der Waals surface area contributed by atoms with Gasteiger partial charge in [0.1, 0.15) is 11.6 Å². The Morgan fingerprint density at radius 2 is 1.95 bits per heavy atom. The number of thioether (sulfide) groups is 1. The summed E-state index contributed by atoms with van der Waals surface area (Å²) in [5.41, 5.74) is 11.3. The maximum absolute atomic E-state index is 12.4. The third-order valence-electron chi connectivity index (χ3n) is 4.43. The van der Waals surface area contributed by atoms with Crippen molar-refractivity contribution >= 4 is 29.3 Å². The first-order valence-corrected chi connectivity index (χ1v) is 8.62. The molecule has 1 aromatic rings. The maximum Gasteiger partial charge on any atom is 0.233 e. The fourth-order valence-corrected chi connectivity index (χ4v) is 3.62. The second-order valence-electron chi connectivity index (χ2n) is 6.14. The Kier molecular flexibility index (Phi) is 5.50. The Hall–Kier alpha value is -1.50. The number of carbonyl (C=O) groups excluding carboxylic acids is 1. The van der Waals surface area contributed by atoms with Gasteiger partial charge in [0.25, 0.3) is 0 Å². The van der Waals surface area contributed by atoms with Gasteiger partial charge >= 0.3 is 0 Å². The highest BCUT2D eigenvalue weighted by molar-refractivity contribution is 8.00. The quantitative estimate of drug-likeness (QED) is 0.578. The highest BCUT2D eigenvalue weighted by Gasteiger charge is 2.29. The van der Waals surface area contributed by atoms with E-state index in [1.165, 1.54) is 30.7 Å². The fraction of sp³-hybridized carbons (Fsp3) is 0.667. The first-order valence-electron chi connectivity index (χ1n) is 7.74. The number of nitrogens with zero attached hydrogens (tertiary/aromatic N) is 2. The molecule has 22 heavy (non-hydrogen) atoms. The van der Waals surface area contributed by atoms with E-state index in [9.17, 15) is 4.79 Å². The summed E-state index contributed by atoms with van der Waals surface area (Å²) in [5.74, 6) is 1.81. The summed E-state index contributed by atoms with van der Waals surface area (Å²) < 4.78 is 0. The molecule has 1 aliphatic carbocycles.